The normalized spacial score (nSPS) is 11.5. The quantitative estimate of drug-likeness (QED) is 0.487. The standard InChI is InChI=1S/C19H20N2O5/c1-12-6-4-7-13(2)16(12)11-17(19(23)26-3)20-18(22)14-8-5-9-15(10-14)21(24)25/h4-10,17H,11H2,1-3H3,(H,20,22)/t17-/m1/s1. The Hall–Kier alpha value is -3.22. The monoisotopic (exact) mass is 356 g/mol. The number of nitro benzene ring substituents is 1. The molecule has 0 spiro atoms. The van der Waals surface area contributed by atoms with Gasteiger partial charge in [0.25, 0.3) is 11.6 Å². The number of amides is 1. The Morgan fingerprint density at radius 2 is 1.77 bits per heavy atom. The average Bonchev–Trinajstić information content (AvgIpc) is 2.63. The van der Waals surface area contributed by atoms with Gasteiger partial charge in [-0.15, -0.1) is 0 Å². The first-order valence-electron chi connectivity index (χ1n) is 8.01. The molecule has 0 fully saturated rings. The zero-order valence-electron chi connectivity index (χ0n) is 14.8. The smallest absolute Gasteiger partial charge is 0.328 e. The molecule has 0 radical (unpaired) electrons. The summed E-state index contributed by atoms with van der Waals surface area (Å²) < 4.78 is 4.80. The van der Waals surface area contributed by atoms with Gasteiger partial charge >= 0.3 is 5.97 Å². The minimum Gasteiger partial charge on any atom is -0.467 e. The average molecular weight is 356 g/mol. The first-order valence-corrected chi connectivity index (χ1v) is 8.01. The van der Waals surface area contributed by atoms with Gasteiger partial charge in [0.1, 0.15) is 6.04 Å². The molecule has 0 bridgehead atoms. The summed E-state index contributed by atoms with van der Waals surface area (Å²) in [6, 6.07) is 10.2. The Labute approximate surface area is 151 Å². The molecule has 0 heterocycles. The van der Waals surface area contributed by atoms with Crippen LogP contribution < -0.4 is 5.32 Å². The van der Waals surface area contributed by atoms with Crippen molar-refractivity contribution in [3.05, 3.63) is 74.8 Å². The fraction of sp³-hybridized carbons (Fsp3) is 0.263. The minimum absolute atomic E-state index is 0.106. The lowest BCUT2D eigenvalue weighted by Crippen LogP contribution is -2.43. The highest BCUT2D eigenvalue weighted by molar-refractivity contribution is 5.97. The molecule has 1 amide bonds. The van der Waals surface area contributed by atoms with E-state index in [-0.39, 0.29) is 17.7 Å². The molecule has 7 heteroatoms. The Bertz CT molecular complexity index is 827. The van der Waals surface area contributed by atoms with Gasteiger partial charge in [-0.25, -0.2) is 4.79 Å². The number of nitrogens with one attached hydrogen (secondary N) is 1. The summed E-state index contributed by atoms with van der Waals surface area (Å²) in [6.07, 6.45) is 0.270. The van der Waals surface area contributed by atoms with Gasteiger partial charge in [0.05, 0.1) is 12.0 Å². The van der Waals surface area contributed by atoms with Gasteiger partial charge in [-0.1, -0.05) is 24.3 Å². The maximum atomic E-state index is 12.5. The number of aryl methyl sites for hydroxylation is 2. The molecule has 0 unspecified atom stereocenters. The first-order chi connectivity index (χ1) is 12.3. The van der Waals surface area contributed by atoms with E-state index in [1.165, 1.54) is 31.4 Å². The van der Waals surface area contributed by atoms with Gasteiger partial charge in [-0.3, -0.25) is 14.9 Å². The lowest BCUT2D eigenvalue weighted by molar-refractivity contribution is -0.384. The molecule has 1 atom stereocenters. The molecule has 136 valence electrons. The van der Waals surface area contributed by atoms with E-state index in [1.54, 1.807) is 0 Å². The van der Waals surface area contributed by atoms with E-state index in [0.29, 0.717) is 0 Å². The summed E-state index contributed by atoms with van der Waals surface area (Å²) >= 11 is 0. The molecule has 0 aliphatic rings. The number of rotatable bonds is 6. The molecule has 7 nitrogen and oxygen atoms in total. The largest absolute Gasteiger partial charge is 0.467 e. The molecule has 0 saturated carbocycles. The van der Waals surface area contributed by atoms with Gasteiger partial charge in [-0.2, -0.15) is 0 Å². The predicted molar refractivity (Wildman–Crippen MR) is 96.0 cm³/mol. The van der Waals surface area contributed by atoms with E-state index in [0.717, 1.165) is 16.7 Å². The second-order valence-corrected chi connectivity index (χ2v) is 5.93. The first kappa shape index (κ1) is 19.1. The number of esters is 1. The van der Waals surface area contributed by atoms with Crippen LogP contribution in [0.3, 0.4) is 0 Å². The summed E-state index contributed by atoms with van der Waals surface area (Å²) in [5, 5.41) is 13.5. The van der Waals surface area contributed by atoms with Crippen molar-refractivity contribution in [1.82, 2.24) is 5.32 Å². The van der Waals surface area contributed by atoms with Crippen molar-refractivity contribution in [3.63, 3.8) is 0 Å². The van der Waals surface area contributed by atoms with Crippen molar-refractivity contribution in [1.29, 1.82) is 0 Å². The third-order valence-corrected chi connectivity index (χ3v) is 4.16. The number of hydrogen-bond acceptors (Lipinski definition) is 5. The van der Waals surface area contributed by atoms with Gasteiger partial charge < -0.3 is 10.1 Å². The molecule has 0 saturated heterocycles. The molecular formula is C19H20N2O5. The molecule has 2 aromatic rings. The summed E-state index contributed by atoms with van der Waals surface area (Å²) in [7, 11) is 1.25. The van der Waals surface area contributed by atoms with Crippen molar-refractivity contribution in [3.8, 4) is 0 Å². The maximum absolute atomic E-state index is 12.5. The van der Waals surface area contributed by atoms with Gasteiger partial charge in [0.15, 0.2) is 0 Å². The summed E-state index contributed by atoms with van der Waals surface area (Å²) in [6.45, 7) is 3.86. The van der Waals surface area contributed by atoms with Crippen LogP contribution in [0.2, 0.25) is 0 Å². The number of non-ortho nitro benzene ring substituents is 1. The van der Waals surface area contributed by atoms with Crippen LogP contribution in [0.5, 0.6) is 0 Å². The maximum Gasteiger partial charge on any atom is 0.328 e. The van der Waals surface area contributed by atoms with Crippen LogP contribution in [0, 0.1) is 24.0 Å². The van der Waals surface area contributed by atoms with E-state index in [1.807, 2.05) is 32.0 Å². The van der Waals surface area contributed by atoms with Crippen molar-refractivity contribution in [2.75, 3.05) is 7.11 Å². The fourth-order valence-electron chi connectivity index (χ4n) is 2.71. The van der Waals surface area contributed by atoms with Crippen LogP contribution in [-0.2, 0) is 16.0 Å². The van der Waals surface area contributed by atoms with E-state index >= 15 is 0 Å². The number of carbonyl (C=O) groups excluding carboxylic acids is 2. The Kier molecular flexibility index (Phi) is 6.06. The zero-order valence-corrected chi connectivity index (χ0v) is 14.8. The SMILES string of the molecule is COC(=O)[C@@H](Cc1c(C)cccc1C)NC(=O)c1cccc([N+](=O)[O-])c1. The zero-order chi connectivity index (χ0) is 19.3. The number of ether oxygens (including phenoxy) is 1. The van der Waals surface area contributed by atoms with E-state index < -0.39 is 22.8 Å². The van der Waals surface area contributed by atoms with E-state index in [4.69, 9.17) is 4.74 Å². The van der Waals surface area contributed by atoms with Crippen LogP contribution in [0.15, 0.2) is 42.5 Å². The number of nitro groups is 1. The molecule has 2 aromatic carbocycles. The number of methoxy groups -OCH3 is 1. The molecule has 1 N–H and O–H groups in total. The van der Waals surface area contributed by atoms with E-state index in [9.17, 15) is 19.7 Å². The third-order valence-electron chi connectivity index (χ3n) is 4.16. The highest BCUT2D eigenvalue weighted by Gasteiger charge is 2.24. The lowest BCUT2D eigenvalue weighted by Gasteiger charge is -2.19. The fourth-order valence-corrected chi connectivity index (χ4v) is 2.71. The van der Waals surface area contributed by atoms with Crippen molar-refractivity contribution in [2.24, 2.45) is 0 Å². The summed E-state index contributed by atoms with van der Waals surface area (Å²) in [5.74, 6) is -1.15. The predicted octanol–water partition coefficient (Wildman–Crippen LogP) is 2.73. The number of nitrogens with zero attached hydrogens (tertiary/aromatic N) is 1. The van der Waals surface area contributed by atoms with E-state index in [2.05, 4.69) is 5.32 Å². The van der Waals surface area contributed by atoms with Gasteiger partial charge in [0.2, 0.25) is 0 Å². The number of benzene rings is 2. The van der Waals surface area contributed by atoms with Crippen molar-refractivity contribution in [2.45, 2.75) is 26.3 Å². The lowest BCUT2D eigenvalue weighted by atomic mass is 9.96. The molecule has 0 aromatic heterocycles. The third kappa shape index (κ3) is 4.44. The second kappa shape index (κ2) is 8.24. The second-order valence-electron chi connectivity index (χ2n) is 5.93. The van der Waals surface area contributed by atoms with Crippen molar-refractivity contribution < 1.29 is 19.2 Å². The Morgan fingerprint density at radius 1 is 1.15 bits per heavy atom. The number of carbonyl (C=O) groups is 2. The van der Waals surface area contributed by atoms with Crippen LogP contribution in [0.1, 0.15) is 27.0 Å². The minimum atomic E-state index is -0.897. The molecule has 26 heavy (non-hydrogen) atoms. The van der Waals surface area contributed by atoms with Crippen LogP contribution in [0.4, 0.5) is 5.69 Å². The van der Waals surface area contributed by atoms with Crippen molar-refractivity contribution >= 4 is 17.6 Å². The van der Waals surface area contributed by atoms with Gasteiger partial charge in [0, 0.05) is 24.1 Å². The molecule has 0 aliphatic heterocycles. The van der Waals surface area contributed by atoms with Crippen LogP contribution >= 0.6 is 0 Å². The Morgan fingerprint density at radius 3 is 2.35 bits per heavy atom. The molecular weight excluding hydrogens is 336 g/mol. The Balaban J connectivity index is 2.25. The topological polar surface area (TPSA) is 98.5 Å². The van der Waals surface area contributed by atoms with Crippen LogP contribution in [-0.4, -0.2) is 30.0 Å². The summed E-state index contributed by atoms with van der Waals surface area (Å²) in [5.41, 5.74) is 2.87. The number of hydrogen-bond donors (Lipinski definition) is 1. The highest BCUT2D eigenvalue weighted by atomic mass is 16.6. The molecule has 0 aliphatic carbocycles. The molecule has 2 rings (SSSR count). The van der Waals surface area contributed by atoms with Crippen LogP contribution in [0.25, 0.3) is 0 Å². The highest BCUT2D eigenvalue weighted by Crippen LogP contribution is 2.17. The summed E-state index contributed by atoms with van der Waals surface area (Å²) in [4.78, 5) is 34.9. The van der Waals surface area contributed by atoms with Gasteiger partial charge in [-0.05, 0) is 36.6 Å².